The number of pyridine rings is 1. The monoisotopic (exact) mass is 259 g/mol. The van der Waals surface area contributed by atoms with Crippen molar-refractivity contribution >= 4 is 11.8 Å². The molecule has 0 spiro atoms. The molecule has 3 heterocycles. The van der Waals surface area contributed by atoms with Gasteiger partial charge in [0.05, 0.1) is 12.0 Å². The summed E-state index contributed by atoms with van der Waals surface area (Å²) in [4.78, 5) is 4.22. The van der Waals surface area contributed by atoms with Crippen molar-refractivity contribution in [2.45, 2.75) is 11.0 Å². The molecule has 0 amide bonds. The molecule has 0 bridgehead atoms. The minimum absolute atomic E-state index is 0.392. The molecule has 0 unspecified atom stereocenters. The summed E-state index contributed by atoms with van der Waals surface area (Å²) >= 11 is 1.45. The first-order chi connectivity index (χ1) is 8.92. The van der Waals surface area contributed by atoms with E-state index in [0.717, 1.165) is 5.69 Å². The van der Waals surface area contributed by atoms with Crippen LogP contribution in [-0.2, 0) is 5.75 Å². The molecule has 0 fully saturated rings. The second-order valence-electron chi connectivity index (χ2n) is 3.46. The fourth-order valence-electron chi connectivity index (χ4n) is 1.39. The lowest BCUT2D eigenvalue weighted by molar-refractivity contribution is 0.447. The normalized spacial score (nSPS) is 10.7. The highest BCUT2D eigenvalue weighted by Crippen LogP contribution is 2.25. The van der Waals surface area contributed by atoms with Crippen molar-refractivity contribution in [2.75, 3.05) is 0 Å². The predicted molar refractivity (Wildman–Crippen MR) is 65.8 cm³/mol. The molecule has 0 saturated carbocycles. The Hall–Kier alpha value is -2.08. The van der Waals surface area contributed by atoms with Crippen molar-refractivity contribution in [3.05, 3.63) is 48.5 Å². The molecular weight excluding hydrogens is 250 g/mol. The third-order valence-electron chi connectivity index (χ3n) is 2.21. The van der Waals surface area contributed by atoms with Gasteiger partial charge in [-0.1, -0.05) is 17.8 Å². The van der Waals surface area contributed by atoms with Gasteiger partial charge < -0.3 is 8.83 Å². The Kier molecular flexibility index (Phi) is 3.10. The van der Waals surface area contributed by atoms with Crippen molar-refractivity contribution in [3.63, 3.8) is 0 Å². The maximum atomic E-state index is 5.47. The lowest BCUT2D eigenvalue weighted by Crippen LogP contribution is -1.84. The lowest BCUT2D eigenvalue weighted by Gasteiger charge is -1.95. The number of furan rings is 1. The Labute approximate surface area is 107 Å². The average molecular weight is 259 g/mol. The topological polar surface area (TPSA) is 65.0 Å². The molecule has 3 aromatic rings. The summed E-state index contributed by atoms with van der Waals surface area (Å²) in [6.07, 6.45) is 3.33. The van der Waals surface area contributed by atoms with Crippen LogP contribution < -0.4 is 0 Å². The molecule has 6 heteroatoms. The zero-order valence-corrected chi connectivity index (χ0v) is 10.1. The molecule has 18 heavy (non-hydrogen) atoms. The molecular formula is C12H9N3O2S. The number of rotatable bonds is 4. The van der Waals surface area contributed by atoms with E-state index in [9.17, 15) is 0 Å². The van der Waals surface area contributed by atoms with Gasteiger partial charge in [0.1, 0.15) is 0 Å². The summed E-state index contributed by atoms with van der Waals surface area (Å²) in [5.74, 6) is 1.66. The highest BCUT2D eigenvalue weighted by Gasteiger charge is 2.11. The molecule has 0 N–H and O–H groups in total. The lowest BCUT2D eigenvalue weighted by atomic mass is 10.4. The van der Waals surface area contributed by atoms with Crippen LogP contribution in [0.1, 0.15) is 5.69 Å². The minimum Gasteiger partial charge on any atom is -0.459 e. The SMILES string of the molecule is c1ccc(CSc2nnc(-c3ccco3)o2)nc1. The standard InChI is InChI=1S/C12H9N3O2S/c1-2-6-13-9(4-1)8-18-12-15-14-11(17-12)10-5-3-7-16-10/h1-7H,8H2. The van der Waals surface area contributed by atoms with E-state index < -0.39 is 0 Å². The first-order valence-corrected chi connectivity index (χ1v) is 6.30. The summed E-state index contributed by atoms with van der Waals surface area (Å²) in [7, 11) is 0. The van der Waals surface area contributed by atoms with Crippen LogP contribution in [0, 0.1) is 0 Å². The smallest absolute Gasteiger partial charge is 0.284 e. The molecule has 5 nitrogen and oxygen atoms in total. The second-order valence-corrected chi connectivity index (χ2v) is 4.39. The molecule has 0 radical (unpaired) electrons. The molecule has 0 aromatic carbocycles. The maximum Gasteiger partial charge on any atom is 0.284 e. The van der Waals surface area contributed by atoms with E-state index in [1.165, 1.54) is 11.8 Å². The van der Waals surface area contributed by atoms with Gasteiger partial charge in [0, 0.05) is 11.9 Å². The minimum atomic E-state index is 0.392. The number of nitrogens with zero attached hydrogens (tertiary/aromatic N) is 3. The highest BCUT2D eigenvalue weighted by atomic mass is 32.2. The number of hydrogen-bond donors (Lipinski definition) is 0. The third-order valence-corrected chi connectivity index (χ3v) is 3.06. The summed E-state index contributed by atoms with van der Waals surface area (Å²) in [5, 5.41) is 8.37. The number of aromatic nitrogens is 3. The van der Waals surface area contributed by atoms with Gasteiger partial charge in [-0.25, -0.2) is 0 Å². The Bertz CT molecular complexity index is 607. The van der Waals surface area contributed by atoms with Gasteiger partial charge in [-0.05, 0) is 24.3 Å². The number of hydrogen-bond acceptors (Lipinski definition) is 6. The molecule has 0 aliphatic heterocycles. The molecule has 0 saturated heterocycles. The molecule has 0 aliphatic carbocycles. The van der Waals surface area contributed by atoms with E-state index in [4.69, 9.17) is 8.83 Å². The van der Waals surface area contributed by atoms with Gasteiger partial charge in [-0.15, -0.1) is 10.2 Å². The zero-order chi connectivity index (χ0) is 12.2. The molecule has 0 atom stereocenters. The van der Waals surface area contributed by atoms with Crippen molar-refractivity contribution in [1.29, 1.82) is 0 Å². The Morgan fingerprint density at radius 2 is 2.11 bits per heavy atom. The average Bonchev–Trinajstić information content (AvgIpc) is 3.08. The summed E-state index contributed by atoms with van der Waals surface area (Å²) in [6.45, 7) is 0. The zero-order valence-electron chi connectivity index (χ0n) is 9.31. The first kappa shape index (κ1) is 11.0. The largest absolute Gasteiger partial charge is 0.459 e. The third kappa shape index (κ3) is 2.43. The van der Waals surface area contributed by atoms with Crippen molar-refractivity contribution in [3.8, 4) is 11.7 Å². The van der Waals surface area contributed by atoms with Crippen LogP contribution in [0.3, 0.4) is 0 Å². The van der Waals surface area contributed by atoms with Gasteiger partial charge in [-0.3, -0.25) is 4.98 Å². The molecule has 3 rings (SSSR count). The van der Waals surface area contributed by atoms with Gasteiger partial charge in [0.25, 0.3) is 11.1 Å². The van der Waals surface area contributed by atoms with Crippen LogP contribution in [0.2, 0.25) is 0 Å². The molecule has 0 aliphatic rings. The first-order valence-electron chi connectivity index (χ1n) is 5.32. The van der Waals surface area contributed by atoms with Crippen LogP contribution in [0.15, 0.2) is 56.8 Å². The summed E-state index contributed by atoms with van der Waals surface area (Å²) in [6, 6.07) is 9.35. The van der Waals surface area contributed by atoms with Crippen molar-refractivity contribution in [1.82, 2.24) is 15.2 Å². The maximum absolute atomic E-state index is 5.47. The Morgan fingerprint density at radius 1 is 1.11 bits per heavy atom. The van der Waals surface area contributed by atoms with E-state index in [1.54, 1.807) is 24.6 Å². The Balaban J connectivity index is 1.68. The highest BCUT2D eigenvalue weighted by molar-refractivity contribution is 7.98. The fourth-order valence-corrected chi connectivity index (χ4v) is 2.07. The van der Waals surface area contributed by atoms with E-state index >= 15 is 0 Å². The Morgan fingerprint density at radius 3 is 2.89 bits per heavy atom. The van der Waals surface area contributed by atoms with Crippen molar-refractivity contribution in [2.24, 2.45) is 0 Å². The van der Waals surface area contributed by atoms with Gasteiger partial charge >= 0.3 is 0 Å². The van der Waals surface area contributed by atoms with E-state index in [2.05, 4.69) is 15.2 Å². The van der Waals surface area contributed by atoms with E-state index in [0.29, 0.717) is 22.6 Å². The van der Waals surface area contributed by atoms with Gasteiger partial charge in [0.15, 0.2) is 5.76 Å². The molecule has 3 aromatic heterocycles. The predicted octanol–water partition coefficient (Wildman–Crippen LogP) is 3.02. The van der Waals surface area contributed by atoms with Crippen LogP contribution in [0.4, 0.5) is 0 Å². The van der Waals surface area contributed by atoms with E-state index in [1.807, 2.05) is 18.2 Å². The number of thioether (sulfide) groups is 1. The van der Waals surface area contributed by atoms with Crippen LogP contribution in [0.25, 0.3) is 11.7 Å². The second kappa shape index (κ2) is 5.05. The van der Waals surface area contributed by atoms with Crippen LogP contribution in [-0.4, -0.2) is 15.2 Å². The van der Waals surface area contributed by atoms with Crippen LogP contribution in [0.5, 0.6) is 0 Å². The summed E-state index contributed by atoms with van der Waals surface area (Å²) in [5.41, 5.74) is 0.972. The van der Waals surface area contributed by atoms with Crippen molar-refractivity contribution < 1.29 is 8.83 Å². The van der Waals surface area contributed by atoms with Gasteiger partial charge in [0.2, 0.25) is 0 Å². The molecule has 90 valence electrons. The fraction of sp³-hybridized carbons (Fsp3) is 0.0833. The summed E-state index contributed by atoms with van der Waals surface area (Å²) < 4.78 is 10.6. The quantitative estimate of drug-likeness (QED) is 0.671. The van der Waals surface area contributed by atoms with E-state index in [-0.39, 0.29) is 0 Å². The van der Waals surface area contributed by atoms with Crippen LogP contribution >= 0.6 is 11.8 Å². The van der Waals surface area contributed by atoms with Gasteiger partial charge in [-0.2, -0.15) is 0 Å².